The highest BCUT2D eigenvalue weighted by molar-refractivity contribution is 7.92. The first kappa shape index (κ1) is 21.8. The van der Waals surface area contributed by atoms with Crippen LogP contribution < -0.4 is 9.62 Å². The number of halogens is 1. The Balaban J connectivity index is 1.70. The van der Waals surface area contributed by atoms with Crippen molar-refractivity contribution in [1.29, 1.82) is 0 Å². The van der Waals surface area contributed by atoms with Crippen LogP contribution in [0.1, 0.15) is 18.4 Å². The van der Waals surface area contributed by atoms with Crippen molar-refractivity contribution >= 4 is 33.2 Å². The van der Waals surface area contributed by atoms with E-state index >= 15 is 0 Å². The van der Waals surface area contributed by atoms with Crippen LogP contribution in [-0.4, -0.2) is 36.8 Å². The highest BCUT2D eigenvalue weighted by Gasteiger charge is 2.29. The lowest BCUT2D eigenvalue weighted by molar-refractivity contribution is -0.122. The fraction of sp³-hybridized carbons (Fsp3) is 0.250. The summed E-state index contributed by atoms with van der Waals surface area (Å²) in [7, 11) is -3.72. The van der Waals surface area contributed by atoms with Crippen LogP contribution in [0.5, 0.6) is 0 Å². The molecule has 158 valence electrons. The maximum absolute atomic E-state index is 12.6. The molecule has 3 aromatic rings. The fourth-order valence-electron chi connectivity index (χ4n) is 2.85. The van der Waals surface area contributed by atoms with Crippen LogP contribution in [0.2, 0.25) is 5.02 Å². The summed E-state index contributed by atoms with van der Waals surface area (Å²) in [5.41, 5.74) is 2.24. The number of nitrogens with zero attached hydrogens (tertiary/aromatic N) is 3. The molecular weight excluding hydrogens is 428 g/mol. The molecular formula is C20H21ClN4O4S. The van der Waals surface area contributed by atoms with Gasteiger partial charge < -0.3 is 9.84 Å². The van der Waals surface area contributed by atoms with Crippen LogP contribution in [-0.2, 0) is 21.4 Å². The zero-order chi connectivity index (χ0) is 21.9. The highest BCUT2D eigenvalue weighted by atomic mass is 35.5. The molecule has 0 unspecified atom stereocenters. The van der Waals surface area contributed by atoms with E-state index in [4.69, 9.17) is 16.1 Å². The number of nitrogens with one attached hydrogen (secondary N) is 1. The molecule has 0 saturated heterocycles. The maximum Gasteiger partial charge on any atom is 0.246 e. The van der Waals surface area contributed by atoms with Crippen molar-refractivity contribution in [3.05, 3.63) is 65.0 Å². The van der Waals surface area contributed by atoms with E-state index in [1.165, 1.54) is 6.92 Å². The lowest BCUT2D eigenvalue weighted by Gasteiger charge is -2.28. The Kier molecular flexibility index (Phi) is 6.42. The van der Waals surface area contributed by atoms with Crippen molar-refractivity contribution in [2.24, 2.45) is 0 Å². The Morgan fingerprint density at radius 3 is 2.40 bits per heavy atom. The summed E-state index contributed by atoms with van der Waals surface area (Å²) >= 11 is 5.87. The molecule has 1 heterocycles. The number of amides is 1. The molecule has 30 heavy (non-hydrogen) atoms. The fourth-order valence-corrected chi connectivity index (χ4v) is 4.15. The quantitative estimate of drug-likeness (QED) is 0.595. The SMILES string of the molecule is Cc1ccc(-c2noc(CNC(=O)[C@@H](C)N(c3ccc(Cl)cc3)S(C)(=O)=O)n2)cc1. The van der Waals surface area contributed by atoms with Crippen LogP contribution in [0.3, 0.4) is 0 Å². The summed E-state index contributed by atoms with van der Waals surface area (Å²) in [6, 6.07) is 12.8. The van der Waals surface area contributed by atoms with Gasteiger partial charge in [0.25, 0.3) is 0 Å². The number of aromatic nitrogens is 2. The second-order valence-electron chi connectivity index (χ2n) is 6.81. The highest BCUT2D eigenvalue weighted by Crippen LogP contribution is 2.23. The third kappa shape index (κ3) is 5.17. The first-order valence-corrected chi connectivity index (χ1v) is 11.3. The largest absolute Gasteiger partial charge is 0.345 e. The van der Waals surface area contributed by atoms with E-state index in [1.807, 2.05) is 31.2 Å². The van der Waals surface area contributed by atoms with E-state index in [1.54, 1.807) is 24.3 Å². The van der Waals surface area contributed by atoms with Gasteiger partial charge in [-0.2, -0.15) is 4.98 Å². The van der Waals surface area contributed by atoms with Crippen molar-refractivity contribution < 1.29 is 17.7 Å². The minimum atomic E-state index is -3.72. The molecule has 0 fully saturated rings. The Bertz CT molecular complexity index is 1130. The second kappa shape index (κ2) is 8.85. The number of rotatable bonds is 7. The Labute approximate surface area is 179 Å². The average Bonchev–Trinajstić information content (AvgIpc) is 3.16. The lowest BCUT2D eigenvalue weighted by Crippen LogP contribution is -2.47. The van der Waals surface area contributed by atoms with Gasteiger partial charge in [0.2, 0.25) is 27.6 Å². The number of aryl methyl sites for hydroxylation is 1. The Hall–Kier alpha value is -2.91. The average molecular weight is 449 g/mol. The van der Waals surface area contributed by atoms with Gasteiger partial charge >= 0.3 is 0 Å². The van der Waals surface area contributed by atoms with E-state index in [9.17, 15) is 13.2 Å². The molecule has 1 N–H and O–H groups in total. The van der Waals surface area contributed by atoms with Gasteiger partial charge in [0.05, 0.1) is 18.5 Å². The number of sulfonamides is 1. The van der Waals surface area contributed by atoms with Crippen molar-refractivity contribution in [3.8, 4) is 11.4 Å². The molecule has 0 saturated carbocycles. The first-order chi connectivity index (χ1) is 14.1. The van der Waals surface area contributed by atoms with Crippen LogP contribution in [0.15, 0.2) is 53.1 Å². The van der Waals surface area contributed by atoms with Crippen molar-refractivity contribution in [2.75, 3.05) is 10.6 Å². The van der Waals surface area contributed by atoms with Gasteiger partial charge in [-0.05, 0) is 38.1 Å². The number of carbonyl (C=O) groups excluding carboxylic acids is 1. The van der Waals surface area contributed by atoms with Crippen LogP contribution in [0.25, 0.3) is 11.4 Å². The van der Waals surface area contributed by atoms with E-state index in [0.717, 1.165) is 21.7 Å². The molecule has 1 amide bonds. The minimum Gasteiger partial charge on any atom is -0.345 e. The smallest absolute Gasteiger partial charge is 0.246 e. The van der Waals surface area contributed by atoms with Gasteiger partial charge in [0.1, 0.15) is 6.04 Å². The summed E-state index contributed by atoms with van der Waals surface area (Å²) in [6.45, 7) is 3.45. The molecule has 0 aliphatic rings. The van der Waals surface area contributed by atoms with Gasteiger partial charge in [-0.15, -0.1) is 0 Å². The summed E-state index contributed by atoms with van der Waals surface area (Å²) < 4.78 is 30.8. The van der Waals surface area contributed by atoms with Crippen molar-refractivity contribution in [3.63, 3.8) is 0 Å². The molecule has 1 atom stereocenters. The number of benzene rings is 2. The normalized spacial score (nSPS) is 12.4. The second-order valence-corrected chi connectivity index (χ2v) is 9.10. The van der Waals surface area contributed by atoms with E-state index in [0.29, 0.717) is 16.5 Å². The molecule has 0 aliphatic carbocycles. The number of hydrogen-bond acceptors (Lipinski definition) is 6. The van der Waals surface area contributed by atoms with Gasteiger partial charge in [-0.1, -0.05) is 46.6 Å². The molecule has 10 heteroatoms. The monoisotopic (exact) mass is 448 g/mol. The molecule has 0 spiro atoms. The predicted octanol–water partition coefficient (Wildman–Crippen LogP) is 3.17. The van der Waals surface area contributed by atoms with E-state index in [2.05, 4.69) is 15.5 Å². The summed E-state index contributed by atoms with van der Waals surface area (Å²) in [5, 5.41) is 7.01. The molecule has 3 rings (SSSR count). The number of anilines is 1. The van der Waals surface area contributed by atoms with Crippen LogP contribution >= 0.6 is 11.6 Å². The Morgan fingerprint density at radius 2 is 1.80 bits per heavy atom. The third-order valence-corrected chi connectivity index (χ3v) is 5.85. The standard InChI is InChI=1S/C20H21ClN4O4S/c1-13-4-6-15(7-5-13)19-23-18(29-24-19)12-22-20(26)14(2)25(30(3,27)28)17-10-8-16(21)9-11-17/h4-11,14H,12H2,1-3H3,(H,22,26)/t14-/m1/s1. The summed E-state index contributed by atoms with van der Waals surface area (Å²) in [5.74, 6) is 0.111. The van der Waals surface area contributed by atoms with Crippen LogP contribution in [0, 0.1) is 6.92 Å². The van der Waals surface area contributed by atoms with Crippen molar-refractivity contribution in [2.45, 2.75) is 26.4 Å². The predicted molar refractivity (Wildman–Crippen MR) is 115 cm³/mol. The van der Waals surface area contributed by atoms with Crippen molar-refractivity contribution in [1.82, 2.24) is 15.5 Å². The molecule has 0 bridgehead atoms. The zero-order valence-electron chi connectivity index (χ0n) is 16.7. The molecule has 0 aliphatic heterocycles. The first-order valence-electron chi connectivity index (χ1n) is 9.07. The molecule has 1 aromatic heterocycles. The lowest BCUT2D eigenvalue weighted by atomic mass is 10.1. The van der Waals surface area contributed by atoms with Crippen LogP contribution in [0.4, 0.5) is 5.69 Å². The zero-order valence-corrected chi connectivity index (χ0v) is 18.2. The maximum atomic E-state index is 12.6. The molecule has 2 aromatic carbocycles. The summed E-state index contributed by atoms with van der Waals surface area (Å²) in [4.78, 5) is 16.9. The van der Waals surface area contributed by atoms with Gasteiger partial charge in [0.15, 0.2) is 0 Å². The van der Waals surface area contributed by atoms with Gasteiger partial charge in [0, 0.05) is 10.6 Å². The molecule has 8 nitrogen and oxygen atoms in total. The number of hydrogen-bond donors (Lipinski definition) is 1. The number of carbonyl (C=O) groups is 1. The minimum absolute atomic E-state index is 0.0275. The topological polar surface area (TPSA) is 105 Å². The summed E-state index contributed by atoms with van der Waals surface area (Å²) in [6.07, 6.45) is 1.04. The third-order valence-electron chi connectivity index (χ3n) is 4.36. The Morgan fingerprint density at radius 1 is 1.17 bits per heavy atom. The van der Waals surface area contributed by atoms with E-state index in [-0.39, 0.29) is 12.4 Å². The van der Waals surface area contributed by atoms with Gasteiger partial charge in [-0.25, -0.2) is 8.42 Å². The van der Waals surface area contributed by atoms with Gasteiger partial charge in [-0.3, -0.25) is 9.10 Å². The molecule has 0 radical (unpaired) electrons. The van der Waals surface area contributed by atoms with E-state index < -0.39 is 22.0 Å².